The number of aliphatic hydroxyl groups is 1. The van der Waals surface area contributed by atoms with Crippen LogP contribution in [0.25, 0.3) is 0 Å². The van der Waals surface area contributed by atoms with E-state index in [0.29, 0.717) is 6.54 Å². The van der Waals surface area contributed by atoms with Crippen molar-refractivity contribution in [2.24, 2.45) is 10.8 Å². The van der Waals surface area contributed by atoms with E-state index in [-0.39, 0.29) is 29.9 Å². The van der Waals surface area contributed by atoms with Crippen molar-refractivity contribution >= 4 is 11.8 Å². The summed E-state index contributed by atoms with van der Waals surface area (Å²) >= 11 is 0. The van der Waals surface area contributed by atoms with Gasteiger partial charge in [0.05, 0.1) is 6.61 Å². The predicted octanol–water partition coefficient (Wildman–Crippen LogP) is 1.94. The van der Waals surface area contributed by atoms with Crippen LogP contribution in [0.15, 0.2) is 0 Å². The van der Waals surface area contributed by atoms with Crippen LogP contribution < -0.4 is 5.32 Å². The molecule has 0 aromatic heterocycles. The summed E-state index contributed by atoms with van der Waals surface area (Å²) < 4.78 is 0. The molecule has 0 radical (unpaired) electrons. The quantitative estimate of drug-likeness (QED) is 0.833. The first-order valence-corrected chi connectivity index (χ1v) is 8.18. The van der Waals surface area contributed by atoms with Gasteiger partial charge in [-0.2, -0.15) is 0 Å². The maximum atomic E-state index is 12.7. The molecule has 1 fully saturated rings. The van der Waals surface area contributed by atoms with Crippen molar-refractivity contribution in [2.45, 2.75) is 72.9 Å². The highest BCUT2D eigenvalue weighted by Crippen LogP contribution is 2.30. The van der Waals surface area contributed by atoms with Gasteiger partial charge >= 0.3 is 0 Å². The third kappa shape index (κ3) is 5.27. The molecule has 5 heteroatoms. The fraction of sp³-hybridized carbons (Fsp3) is 0.882. The molecule has 1 aliphatic heterocycles. The van der Waals surface area contributed by atoms with E-state index in [9.17, 15) is 14.7 Å². The molecule has 1 aliphatic rings. The van der Waals surface area contributed by atoms with Crippen LogP contribution in [0.5, 0.6) is 0 Å². The first kappa shape index (κ1) is 18.9. The minimum atomic E-state index is -0.840. The largest absolute Gasteiger partial charge is 0.394 e. The Kier molecular flexibility index (Phi) is 6.02. The molecule has 1 rings (SSSR count). The summed E-state index contributed by atoms with van der Waals surface area (Å²) in [6, 6.07) is -0.639. The number of carbonyl (C=O) groups excluding carboxylic acids is 2. The topological polar surface area (TPSA) is 69.6 Å². The zero-order valence-electron chi connectivity index (χ0n) is 14.9. The van der Waals surface area contributed by atoms with Crippen molar-refractivity contribution in [1.29, 1.82) is 0 Å². The molecule has 0 bridgehead atoms. The van der Waals surface area contributed by atoms with E-state index >= 15 is 0 Å². The fourth-order valence-corrected chi connectivity index (χ4v) is 2.81. The van der Waals surface area contributed by atoms with Gasteiger partial charge in [-0.1, -0.05) is 41.5 Å². The minimum absolute atomic E-state index is 0.150. The Labute approximate surface area is 134 Å². The standard InChI is InChI=1S/C17H32N2O3/c1-16(2,3)10-12-8-7-9-19(12)14(21)13(11-20)18-15(22)17(4,5)6/h12-13,20H,7-11H2,1-6H3,(H,18,22). The van der Waals surface area contributed by atoms with Crippen LogP contribution in [-0.4, -0.2) is 47.1 Å². The van der Waals surface area contributed by atoms with E-state index in [1.165, 1.54) is 0 Å². The fourth-order valence-electron chi connectivity index (χ4n) is 2.81. The number of likely N-dealkylation sites (tertiary alicyclic amines) is 1. The summed E-state index contributed by atoms with van der Waals surface area (Å²) in [5.41, 5.74) is -0.430. The third-order valence-electron chi connectivity index (χ3n) is 3.98. The highest BCUT2D eigenvalue weighted by molar-refractivity contribution is 5.90. The second-order valence-corrected chi connectivity index (χ2v) is 8.55. The van der Waals surface area contributed by atoms with Crippen LogP contribution in [0.1, 0.15) is 60.8 Å². The Balaban J connectivity index is 2.76. The van der Waals surface area contributed by atoms with Gasteiger partial charge in [-0.3, -0.25) is 9.59 Å². The Bertz CT molecular complexity index is 407. The number of hydrogen-bond acceptors (Lipinski definition) is 3. The number of aliphatic hydroxyl groups excluding tert-OH is 1. The lowest BCUT2D eigenvalue weighted by Gasteiger charge is -2.33. The molecule has 5 nitrogen and oxygen atoms in total. The van der Waals surface area contributed by atoms with Crippen molar-refractivity contribution in [3.05, 3.63) is 0 Å². The number of hydrogen-bond donors (Lipinski definition) is 2. The summed E-state index contributed by atoms with van der Waals surface area (Å²) in [4.78, 5) is 26.6. The molecule has 1 heterocycles. The van der Waals surface area contributed by atoms with E-state index in [0.717, 1.165) is 19.3 Å². The molecule has 2 amide bonds. The van der Waals surface area contributed by atoms with Gasteiger partial charge in [0.25, 0.3) is 0 Å². The van der Waals surface area contributed by atoms with Gasteiger partial charge in [-0.05, 0) is 24.7 Å². The Morgan fingerprint density at radius 3 is 2.27 bits per heavy atom. The van der Waals surface area contributed by atoms with Gasteiger partial charge in [-0.15, -0.1) is 0 Å². The third-order valence-corrected chi connectivity index (χ3v) is 3.98. The first-order valence-electron chi connectivity index (χ1n) is 8.18. The number of nitrogens with zero attached hydrogens (tertiary/aromatic N) is 1. The number of carbonyl (C=O) groups is 2. The van der Waals surface area contributed by atoms with Gasteiger partial charge in [0.15, 0.2) is 0 Å². The van der Waals surface area contributed by atoms with Crippen LogP contribution in [0.3, 0.4) is 0 Å². The van der Waals surface area contributed by atoms with Crippen molar-refractivity contribution in [1.82, 2.24) is 10.2 Å². The summed E-state index contributed by atoms with van der Waals surface area (Å²) in [5, 5.41) is 12.2. The summed E-state index contributed by atoms with van der Waals surface area (Å²) in [7, 11) is 0. The molecule has 128 valence electrons. The van der Waals surface area contributed by atoms with Crippen LogP contribution in [0.4, 0.5) is 0 Å². The average molecular weight is 312 g/mol. The van der Waals surface area contributed by atoms with E-state index in [4.69, 9.17) is 0 Å². The number of nitrogens with one attached hydrogen (secondary N) is 1. The van der Waals surface area contributed by atoms with Gasteiger partial charge in [-0.25, -0.2) is 0 Å². The molecule has 0 saturated carbocycles. The number of rotatable bonds is 4. The smallest absolute Gasteiger partial charge is 0.247 e. The summed E-state index contributed by atoms with van der Waals surface area (Å²) in [5.74, 6) is -0.377. The normalized spacial score (nSPS) is 20.9. The Morgan fingerprint density at radius 1 is 1.23 bits per heavy atom. The van der Waals surface area contributed by atoms with Gasteiger partial charge in [0, 0.05) is 18.0 Å². The molecular weight excluding hydrogens is 280 g/mol. The molecule has 0 spiro atoms. The maximum Gasteiger partial charge on any atom is 0.247 e. The molecule has 2 atom stereocenters. The lowest BCUT2D eigenvalue weighted by atomic mass is 9.87. The molecule has 2 N–H and O–H groups in total. The van der Waals surface area contributed by atoms with Crippen LogP contribution in [0.2, 0.25) is 0 Å². The second-order valence-electron chi connectivity index (χ2n) is 8.55. The van der Waals surface area contributed by atoms with E-state index in [1.54, 1.807) is 20.8 Å². The highest BCUT2D eigenvalue weighted by Gasteiger charge is 2.36. The van der Waals surface area contributed by atoms with E-state index < -0.39 is 11.5 Å². The van der Waals surface area contributed by atoms with Crippen molar-refractivity contribution in [2.75, 3.05) is 13.2 Å². The van der Waals surface area contributed by atoms with Crippen molar-refractivity contribution < 1.29 is 14.7 Å². The predicted molar refractivity (Wildman–Crippen MR) is 87.3 cm³/mol. The molecule has 0 aromatic rings. The first-order chi connectivity index (χ1) is 9.95. The summed E-state index contributed by atoms with van der Waals surface area (Å²) in [6.07, 6.45) is 2.91. The van der Waals surface area contributed by atoms with Gasteiger partial charge in [0.2, 0.25) is 11.8 Å². The monoisotopic (exact) mass is 312 g/mol. The molecule has 2 unspecified atom stereocenters. The maximum absolute atomic E-state index is 12.7. The zero-order chi connectivity index (χ0) is 17.1. The summed E-state index contributed by atoms with van der Waals surface area (Å²) in [6.45, 7) is 12.2. The van der Waals surface area contributed by atoms with Crippen molar-refractivity contribution in [3.63, 3.8) is 0 Å². The van der Waals surface area contributed by atoms with E-state index in [2.05, 4.69) is 26.1 Å². The van der Waals surface area contributed by atoms with Crippen LogP contribution in [-0.2, 0) is 9.59 Å². The zero-order valence-corrected chi connectivity index (χ0v) is 14.9. The Morgan fingerprint density at radius 2 is 1.82 bits per heavy atom. The second kappa shape index (κ2) is 6.99. The van der Waals surface area contributed by atoms with Gasteiger partial charge < -0.3 is 15.3 Å². The highest BCUT2D eigenvalue weighted by atomic mass is 16.3. The van der Waals surface area contributed by atoms with Crippen LogP contribution >= 0.6 is 0 Å². The molecule has 0 aliphatic carbocycles. The molecular formula is C17H32N2O3. The lowest BCUT2D eigenvalue weighted by Crippen LogP contribution is -2.54. The van der Waals surface area contributed by atoms with E-state index in [1.807, 2.05) is 4.90 Å². The molecule has 0 aromatic carbocycles. The SMILES string of the molecule is CC(C)(C)CC1CCCN1C(=O)C(CO)NC(=O)C(C)(C)C. The minimum Gasteiger partial charge on any atom is -0.394 e. The lowest BCUT2D eigenvalue weighted by molar-refractivity contribution is -0.140. The molecule has 22 heavy (non-hydrogen) atoms. The average Bonchev–Trinajstić information content (AvgIpc) is 2.79. The van der Waals surface area contributed by atoms with Crippen LogP contribution in [0, 0.1) is 10.8 Å². The van der Waals surface area contributed by atoms with Gasteiger partial charge in [0.1, 0.15) is 6.04 Å². The molecule has 1 saturated heterocycles. The Hall–Kier alpha value is -1.10. The van der Waals surface area contributed by atoms with Crippen molar-refractivity contribution in [3.8, 4) is 0 Å². The number of amides is 2.